The van der Waals surface area contributed by atoms with E-state index in [1.54, 1.807) is 7.11 Å². The second-order valence-corrected chi connectivity index (χ2v) is 6.99. The SMILES string of the molecule is COCCN1CCCN(C(=O)c2c(O)cnc3c(Br)cccc23)CC1. The topological polar surface area (TPSA) is 65.9 Å². The van der Waals surface area contributed by atoms with E-state index in [1.165, 1.54) is 6.20 Å². The fourth-order valence-corrected chi connectivity index (χ4v) is 3.65. The van der Waals surface area contributed by atoms with E-state index in [0.717, 1.165) is 30.5 Å². The van der Waals surface area contributed by atoms with Crippen molar-refractivity contribution in [1.29, 1.82) is 0 Å². The first-order chi connectivity index (χ1) is 12.1. The summed E-state index contributed by atoms with van der Waals surface area (Å²) >= 11 is 3.46. The minimum Gasteiger partial charge on any atom is -0.505 e. The Morgan fingerprint density at radius 1 is 1.32 bits per heavy atom. The van der Waals surface area contributed by atoms with Gasteiger partial charge in [0.25, 0.3) is 5.91 Å². The van der Waals surface area contributed by atoms with Gasteiger partial charge in [-0.05, 0) is 35.0 Å². The Labute approximate surface area is 155 Å². The maximum atomic E-state index is 13.1. The number of rotatable bonds is 4. The van der Waals surface area contributed by atoms with E-state index in [1.807, 2.05) is 23.1 Å². The first-order valence-corrected chi connectivity index (χ1v) is 9.18. The number of hydrogen-bond donors (Lipinski definition) is 1. The molecule has 1 aliphatic rings. The van der Waals surface area contributed by atoms with Gasteiger partial charge in [0.2, 0.25) is 0 Å². The molecule has 2 aromatic rings. The van der Waals surface area contributed by atoms with Crippen molar-refractivity contribution in [2.24, 2.45) is 0 Å². The van der Waals surface area contributed by atoms with Crippen LogP contribution in [0.2, 0.25) is 0 Å². The molecule has 25 heavy (non-hydrogen) atoms. The number of amides is 1. The number of ether oxygens (including phenoxy) is 1. The Bertz CT molecular complexity index is 769. The van der Waals surface area contributed by atoms with E-state index < -0.39 is 0 Å². The van der Waals surface area contributed by atoms with Crippen molar-refractivity contribution < 1.29 is 14.6 Å². The largest absolute Gasteiger partial charge is 0.505 e. The van der Waals surface area contributed by atoms with Gasteiger partial charge in [-0.15, -0.1) is 0 Å². The number of nitrogens with zero attached hydrogens (tertiary/aromatic N) is 3. The van der Waals surface area contributed by atoms with E-state index in [-0.39, 0.29) is 11.7 Å². The zero-order valence-electron chi connectivity index (χ0n) is 14.2. The molecule has 134 valence electrons. The highest BCUT2D eigenvalue weighted by Gasteiger charge is 2.24. The third-order valence-corrected chi connectivity index (χ3v) is 5.17. The Morgan fingerprint density at radius 3 is 2.96 bits per heavy atom. The van der Waals surface area contributed by atoms with E-state index in [4.69, 9.17) is 4.74 Å². The van der Waals surface area contributed by atoms with Crippen LogP contribution in [0.4, 0.5) is 0 Å². The van der Waals surface area contributed by atoms with Crippen LogP contribution < -0.4 is 0 Å². The zero-order chi connectivity index (χ0) is 17.8. The number of aromatic hydroxyl groups is 1. The summed E-state index contributed by atoms with van der Waals surface area (Å²) < 4.78 is 5.94. The lowest BCUT2D eigenvalue weighted by Crippen LogP contribution is -2.36. The third-order valence-electron chi connectivity index (χ3n) is 4.53. The van der Waals surface area contributed by atoms with Crippen molar-refractivity contribution in [3.8, 4) is 5.75 Å². The van der Waals surface area contributed by atoms with Gasteiger partial charge in [0.15, 0.2) is 0 Å². The average Bonchev–Trinajstić information content (AvgIpc) is 2.85. The number of hydrogen-bond acceptors (Lipinski definition) is 5. The minimum absolute atomic E-state index is 0.0731. The third kappa shape index (κ3) is 3.94. The maximum Gasteiger partial charge on any atom is 0.258 e. The monoisotopic (exact) mass is 407 g/mol. The predicted octanol–water partition coefficient (Wildman–Crippen LogP) is 2.50. The number of aromatic nitrogens is 1. The van der Waals surface area contributed by atoms with Gasteiger partial charge in [0, 0.05) is 43.1 Å². The molecule has 1 aromatic carbocycles. The van der Waals surface area contributed by atoms with Crippen LogP contribution >= 0.6 is 15.9 Å². The molecular weight excluding hydrogens is 386 g/mol. The van der Waals surface area contributed by atoms with Gasteiger partial charge >= 0.3 is 0 Å². The fraction of sp³-hybridized carbons (Fsp3) is 0.444. The van der Waals surface area contributed by atoms with Gasteiger partial charge < -0.3 is 14.7 Å². The number of pyridine rings is 1. The molecule has 1 amide bonds. The van der Waals surface area contributed by atoms with E-state index in [2.05, 4.69) is 25.8 Å². The molecule has 0 aliphatic carbocycles. The standard InChI is InChI=1S/C18H22BrN3O3/c1-25-11-10-21-6-3-7-22(9-8-21)18(24)16-13-4-2-5-14(19)17(13)20-12-15(16)23/h2,4-5,12,23H,3,6-11H2,1H3. The van der Waals surface area contributed by atoms with Crippen LogP contribution in [0, 0.1) is 0 Å². The quantitative estimate of drug-likeness (QED) is 0.842. The number of fused-ring (bicyclic) bond motifs is 1. The molecule has 0 spiro atoms. The van der Waals surface area contributed by atoms with Crippen LogP contribution in [0.25, 0.3) is 10.9 Å². The van der Waals surface area contributed by atoms with Gasteiger partial charge in [-0.1, -0.05) is 12.1 Å². The van der Waals surface area contributed by atoms with E-state index in [9.17, 15) is 9.90 Å². The van der Waals surface area contributed by atoms with Gasteiger partial charge in [0.05, 0.1) is 23.9 Å². The Kier molecular flexibility index (Phi) is 5.88. The highest BCUT2D eigenvalue weighted by Crippen LogP contribution is 2.30. The lowest BCUT2D eigenvalue weighted by atomic mass is 10.1. The smallest absolute Gasteiger partial charge is 0.258 e. The Balaban J connectivity index is 1.85. The lowest BCUT2D eigenvalue weighted by molar-refractivity contribution is 0.0758. The summed E-state index contributed by atoms with van der Waals surface area (Å²) in [5.41, 5.74) is 1.01. The number of carbonyl (C=O) groups is 1. The molecule has 1 fully saturated rings. The van der Waals surface area contributed by atoms with Gasteiger partial charge in [-0.3, -0.25) is 14.7 Å². The fourth-order valence-electron chi connectivity index (χ4n) is 3.18. The zero-order valence-corrected chi connectivity index (χ0v) is 15.8. The number of benzene rings is 1. The van der Waals surface area contributed by atoms with Crippen molar-refractivity contribution in [3.63, 3.8) is 0 Å². The molecule has 0 radical (unpaired) electrons. The number of methoxy groups -OCH3 is 1. The molecule has 0 atom stereocenters. The molecule has 2 heterocycles. The number of halogens is 1. The molecule has 0 bridgehead atoms. The highest BCUT2D eigenvalue weighted by molar-refractivity contribution is 9.10. The normalized spacial score (nSPS) is 16.2. The van der Waals surface area contributed by atoms with Crippen molar-refractivity contribution in [2.45, 2.75) is 6.42 Å². The van der Waals surface area contributed by atoms with E-state index in [0.29, 0.717) is 36.2 Å². The molecule has 3 rings (SSSR count). The molecule has 1 aromatic heterocycles. The highest BCUT2D eigenvalue weighted by atomic mass is 79.9. The van der Waals surface area contributed by atoms with Crippen LogP contribution in [0.5, 0.6) is 5.75 Å². The summed E-state index contributed by atoms with van der Waals surface area (Å²) in [6, 6.07) is 5.54. The van der Waals surface area contributed by atoms with Crippen LogP contribution in [-0.4, -0.2) is 72.2 Å². The average molecular weight is 408 g/mol. The molecule has 1 aliphatic heterocycles. The second-order valence-electron chi connectivity index (χ2n) is 6.13. The Morgan fingerprint density at radius 2 is 2.16 bits per heavy atom. The molecule has 0 unspecified atom stereocenters. The summed E-state index contributed by atoms with van der Waals surface area (Å²) in [5, 5.41) is 11.0. The Hall–Kier alpha value is -1.70. The first-order valence-electron chi connectivity index (χ1n) is 8.38. The lowest BCUT2D eigenvalue weighted by Gasteiger charge is -2.22. The molecule has 1 saturated heterocycles. The molecule has 6 nitrogen and oxygen atoms in total. The number of para-hydroxylation sites is 1. The maximum absolute atomic E-state index is 13.1. The first kappa shape index (κ1) is 18.1. The van der Waals surface area contributed by atoms with Crippen LogP contribution in [0.1, 0.15) is 16.8 Å². The summed E-state index contributed by atoms with van der Waals surface area (Å²) in [5.74, 6) is -0.215. The van der Waals surface area contributed by atoms with Crippen LogP contribution in [-0.2, 0) is 4.74 Å². The minimum atomic E-state index is -0.142. The molecule has 0 saturated carbocycles. The van der Waals surface area contributed by atoms with E-state index >= 15 is 0 Å². The van der Waals surface area contributed by atoms with Crippen molar-refractivity contribution in [1.82, 2.24) is 14.8 Å². The summed E-state index contributed by atoms with van der Waals surface area (Å²) in [7, 11) is 1.70. The molecule has 7 heteroatoms. The van der Waals surface area contributed by atoms with Gasteiger partial charge in [-0.2, -0.15) is 0 Å². The van der Waals surface area contributed by atoms with Crippen LogP contribution in [0.15, 0.2) is 28.9 Å². The number of carbonyl (C=O) groups excluding carboxylic acids is 1. The van der Waals surface area contributed by atoms with Crippen molar-refractivity contribution in [2.75, 3.05) is 46.4 Å². The summed E-state index contributed by atoms with van der Waals surface area (Å²) in [6.45, 7) is 4.64. The summed E-state index contributed by atoms with van der Waals surface area (Å²) in [6.07, 6.45) is 2.26. The van der Waals surface area contributed by atoms with Gasteiger partial charge in [0.1, 0.15) is 5.75 Å². The van der Waals surface area contributed by atoms with Crippen molar-refractivity contribution in [3.05, 3.63) is 34.4 Å². The van der Waals surface area contributed by atoms with Gasteiger partial charge in [-0.25, -0.2) is 0 Å². The van der Waals surface area contributed by atoms with Crippen LogP contribution in [0.3, 0.4) is 0 Å². The summed E-state index contributed by atoms with van der Waals surface area (Å²) in [4.78, 5) is 21.5. The molecular formula is C18H22BrN3O3. The second kappa shape index (κ2) is 8.12. The van der Waals surface area contributed by atoms with Crippen molar-refractivity contribution >= 4 is 32.7 Å². The predicted molar refractivity (Wildman–Crippen MR) is 99.9 cm³/mol. The molecule has 1 N–H and O–H groups in total.